The Hall–Kier alpha value is -1.27. The SMILES string of the molecule is CC(C)[Si](O[C@@H](C)[C@H](O)P(=O)(OCc1ccccc1)OCc1ccccc1)(C(C)C)C(C)C. The fourth-order valence-corrected chi connectivity index (χ4v) is 12.0. The van der Waals surface area contributed by atoms with Gasteiger partial charge in [-0.15, -0.1) is 0 Å². The van der Waals surface area contributed by atoms with Gasteiger partial charge in [-0.1, -0.05) is 102 Å². The molecule has 0 saturated heterocycles. The molecule has 5 nitrogen and oxygen atoms in total. The van der Waals surface area contributed by atoms with Crippen LogP contribution >= 0.6 is 7.60 Å². The first-order valence-electron chi connectivity index (χ1n) is 11.9. The standard InChI is InChI=1S/C26H41O5PSi/c1-20(2)33(21(3)4,22(5)6)31-23(7)26(27)32(28,29-18-24-14-10-8-11-15-24)30-19-25-16-12-9-13-17-25/h8-17,20-23,26-27H,18-19H2,1-7H3/t23-,26+/m0/s1. The fraction of sp³-hybridized carbons (Fsp3) is 0.538. The van der Waals surface area contributed by atoms with E-state index < -0.39 is 27.9 Å². The lowest BCUT2D eigenvalue weighted by molar-refractivity contribution is 0.0505. The fourth-order valence-electron chi connectivity index (χ4n) is 4.72. The van der Waals surface area contributed by atoms with Gasteiger partial charge < -0.3 is 18.6 Å². The van der Waals surface area contributed by atoms with E-state index in [0.717, 1.165) is 11.1 Å². The third kappa shape index (κ3) is 7.11. The number of rotatable bonds is 13. The van der Waals surface area contributed by atoms with E-state index in [-0.39, 0.29) is 13.2 Å². The molecule has 2 rings (SSSR count). The summed E-state index contributed by atoms with van der Waals surface area (Å²) in [6.07, 6.45) is -0.693. The van der Waals surface area contributed by atoms with Crippen molar-refractivity contribution in [3.8, 4) is 0 Å². The zero-order valence-electron chi connectivity index (χ0n) is 21.1. The summed E-state index contributed by atoms with van der Waals surface area (Å²) >= 11 is 0. The van der Waals surface area contributed by atoms with Gasteiger partial charge in [-0.3, -0.25) is 4.57 Å². The third-order valence-electron chi connectivity index (χ3n) is 6.35. The monoisotopic (exact) mass is 492 g/mol. The van der Waals surface area contributed by atoms with Crippen LogP contribution in [0.25, 0.3) is 0 Å². The molecule has 0 aliphatic heterocycles. The minimum absolute atomic E-state index is 0.0812. The van der Waals surface area contributed by atoms with Crippen molar-refractivity contribution < 1.29 is 23.1 Å². The molecule has 0 spiro atoms. The van der Waals surface area contributed by atoms with Gasteiger partial charge in [0.1, 0.15) is 0 Å². The average Bonchev–Trinajstić information content (AvgIpc) is 2.79. The maximum Gasteiger partial charge on any atom is 0.362 e. The van der Waals surface area contributed by atoms with Crippen LogP contribution in [0.2, 0.25) is 16.6 Å². The first-order chi connectivity index (χ1) is 15.5. The van der Waals surface area contributed by atoms with Crippen molar-refractivity contribution in [1.29, 1.82) is 0 Å². The van der Waals surface area contributed by atoms with Crippen molar-refractivity contribution in [2.75, 3.05) is 0 Å². The summed E-state index contributed by atoms with van der Waals surface area (Å²) in [7, 11) is -6.22. The molecule has 33 heavy (non-hydrogen) atoms. The van der Waals surface area contributed by atoms with Crippen LogP contribution < -0.4 is 0 Å². The molecule has 184 valence electrons. The van der Waals surface area contributed by atoms with E-state index in [1.807, 2.05) is 60.7 Å². The highest BCUT2D eigenvalue weighted by atomic mass is 31.2. The van der Waals surface area contributed by atoms with E-state index in [1.165, 1.54) is 0 Å². The van der Waals surface area contributed by atoms with E-state index in [4.69, 9.17) is 13.5 Å². The van der Waals surface area contributed by atoms with E-state index in [9.17, 15) is 9.67 Å². The smallest absolute Gasteiger partial charge is 0.362 e. The van der Waals surface area contributed by atoms with Crippen molar-refractivity contribution >= 4 is 15.9 Å². The van der Waals surface area contributed by atoms with Crippen LogP contribution in [0.5, 0.6) is 0 Å². The molecule has 0 unspecified atom stereocenters. The predicted octanol–water partition coefficient (Wildman–Crippen LogP) is 7.51. The molecule has 0 radical (unpaired) electrons. The van der Waals surface area contributed by atoms with Gasteiger partial charge >= 0.3 is 7.60 Å². The molecule has 2 aromatic rings. The quantitative estimate of drug-likeness (QED) is 0.231. The Bertz CT molecular complexity index is 803. The predicted molar refractivity (Wildman–Crippen MR) is 138 cm³/mol. The zero-order chi connectivity index (χ0) is 24.6. The lowest BCUT2D eigenvalue weighted by Crippen LogP contribution is -2.51. The highest BCUT2D eigenvalue weighted by molar-refractivity contribution is 7.54. The lowest BCUT2D eigenvalue weighted by Gasteiger charge is -2.45. The summed E-state index contributed by atoms with van der Waals surface area (Å²) in [5, 5.41) is 11.3. The first kappa shape index (κ1) is 28.0. The number of aliphatic hydroxyl groups excluding tert-OH is 1. The van der Waals surface area contributed by atoms with Gasteiger partial charge in [-0.25, -0.2) is 0 Å². The van der Waals surface area contributed by atoms with Crippen molar-refractivity contribution in [2.24, 2.45) is 0 Å². The van der Waals surface area contributed by atoms with E-state index >= 15 is 0 Å². The zero-order valence-corrected chi connectivity index (χ0v) is 23.0. The Labute approximate surface area is 201 Å². The highest BCUT2D eigenvalue weighted by Crippen LogP contribution is 2.56. The Morgan fingerprint density at radius 3 is 1.42 bits per heavy atom. The van der Waals surface area contributed by atoms with Crippen molar-refractivity contribution in [3.63, 3.8) is 0 Å². The number of hydrogen-bond acceptors (Lipinski definition) is 5. The molecule has 2 aromatic carbocycles. The van der Waals surface area contributed by atoms with E-state index in [0.29, 0.717) is 16.6 Å². The molecule has 0 aromatic heterocycles. The van der Waals surface area contributed by atoms with Crippen LogP contribution in [0.3, 0.4) is 0 Å². The van der Waals surface area contributed by atoms with Crippen molar-refractivity contribution in [3.05, 3.63) is 71.8 Å². The Kier molecular flexibility index (Phi) is 10.5. The second-order valence-corrected chi connectivity index (χ2v) is 17.1. The van der Waals surface area contributed by atoms with Gasteiger partial charge in [0.25, 0.3) is 0 Å². The molecule has 0 heterocycles. The molecule has 0 bridgehead atoms. The second kappa shape index (κ2) is 12.4. The molecule has 0 aliphatic carbocycles. The molecular weight excluding hydrogens is 451 g/mol. The summed E-state index contributed by atoms with van der Waals surface area (Å²) in [6, 6.07) is 19.0. The van der Waals surface area contributed by atoms with Crippen LogP contribution in [-0.2, 0) is 31.3 Å². The number of hydrogen-bond donors (Lipinski definition) is 1. The maximum absolute atomic E-state index is 13.9. The summed E-state index contributed by atoms with van der Waals surface area (Å²) in [5.41, 5.74) is 2.72. The normalized spacial score (nSPS) is 14.8. The largest absolute Gasteiger partial charge is 0.410 e. The molecule has 0 fully saturated rings. The van der Waals surface area contributed by atoms with Gasteiger partial charge in [0.05, 0.1) is 19.3 Å². The van der Waals surface area contributed by atoms with Gasteiger partial charge in [-0.2, -0.15) is 0 Å². The van der Waals surface area contributed by atoms with Crippen LogP contribution in [-0.4, -0.2) is 25.4 Å². The minimum atomic E-state index is -3.92. The van der Waals surface area contributed by atoms with Gasteiger partial charge in [0, 0.05) is 0 Å². The van der Waals surface area contributed by atoms with Gasteiger partial charge in [0.15, 0.2) is 5.85 Å². The first-order valence-corrected chi connectivity index (χ1v) is 15.6. The summed E-state index contributed by atoms with van der Waals surface area (Å²) in [5.74, 6) is -1.40. The Morgan fingerprint density at radius 2 is 1.09 bits per heavy atom. The maximum atomic E-state index is 13.9. The average molecular weight is 493 g/mol. The topological polar surface area (TPSA) is 65.0 Å². The van der Waals surface area contributed by atoms with E-state index in [1.54, 1.807) is 6.92 Å². The van der Waals surface area contributed by atoms with Gasteiger partial charge in [0.2, 0.25) is 8.32 Å². The van der Waals surface area contributed by atoms with Crippen LogP contribution in [0.1, 0.15) is 59.6 Å². The minimum Gasteiger partial charge on any atom is -0.410 e. The number of benzene rings is 2. The molecule has 0 saturated carbocycles. The molecule has 1 N–H and O–H groups in total. The third-order valence-corrected chi connectivity index (χ3v) is 14.6. The molecule has 2 atom stereocenters. The van der Waals surface area contributed by atoms with Crippen LogP contribution in [0.4, 0.5) is 0 Å². The van der Waals surface area contributed by atoms with Crippen molar-refractivity contribution in [1.82, 2.24) is 0 Å². The summed E-state index contributed by atoms with van der Waals surface area (Å²) < 4.78 is 32.3. The molecule has 7 heteroatoms. The van der Waals surface area contributed by atoms with Crippen molar-refractivity contribution in [2.45, 2.75) is 90.3 Å². The Morgan fingerprint density at radius 1 is 0.727 bits per heavy atom. The lowest BCUT2D eigenvalue weighted by atomic mass is 10.2. The van der Waals surface area contributed by atoms with E-state index in [2.05, 4.69) is 41.5 Å². The van der Waals surface area contributed by atoms with Gasteiger partial charge in [-0.05, 0) is 34.7 Å². The Balaban J connectivity index is 2.28. The molecular formula is C26H41O5PSi. The second-order valence-electron chi connectivity index (χ2n) is 9.61. The van der Waals surface area contributed by atoms with Crippen LogP contribution in [0, 0.1) is 0 Å². The molecule has 0 aliphatic rings. The highest BCUT2D eigenvalue weighted by Gasteiger charge is 2.49. The number of aliphatic hydroxyl groups is 1. The summed E-state index contributed by atoms with van der Waals surface area (Å²) in [6.45, 7) is 15.0. The summed E-state index contributed by atoms with van der Waals surface area (Å²) in [4.78, 5) is 0. The van der Waals surface area contributed by atoms with Crippen LogP contribution in [0.15, 0.2) is 60.7 Å². The molecule has 0 amide bonds.